The van der Waals surface area contributed by atoms with Crippen LogP contribution in [0.1, 0.15) is 0 Å². The number of nitrogens with one attached hydrogen (secondary N) is 1. The molecule has 0 aromatic heterocycles. The van der Waals surface area contributed by atoms with Crippen molar-refractivity contribution in [2.45, 2.75) is 12.1 Å². The van der Waals surface area contributed by atoms with Crippen molar-refractivity contribution >= 4 is 6.34 Å². The fourth-order valence-electron chi connectivity index (χ4n) is 1.20. The molecule has 52 valence electrons. The van der Waals surface area contributed by atoms with E-state index in [1.54, 1.807) is 6.34 Å². The van der Waals surface area contributed by atoms with E-state index in [9.17, 15) is 0 Å². The number of aliphatic imine (C=N–C) groups is 1. The molecule has 0 spiro atoms. The summed E-state index contributed by atoms with van der Waals surface area (Å²) in [6, 6.07) is 0.567. The van der Waals surface area contributed by atoms with Crippen molar-refractivity contribution < 1.29 is 0 Å². The van der Waals surface area contributed by atoms with E-state index in [0.717, 1.165) is 5.70 Å². The number of rotatable bonds is 0. The minimum absolute atomic E-state index is 0.271. The zero-order chi connectivity index (χ0) is 6.97. The Morgan fingerprint density at radius 3 is 3.40 bits per heavy atom. The van der Waals surface area contributed by atoms with Gasteiger partial charge in [0, 0.05) is 5.70 Å². The Hall–Kier alpha value is -1.25. The predicted octanol–water partition coefficient (Wildman–Crippen LogP) is -0.233. The lowest BCUT2D eigenvalue weighted by molar-refractivity contribution is 0.690. The average Bonchev–Trinajstić information content (AvgIpc) is 2.33. The standard InChI is InChI=1S/C7H9N3/c8-5-1-2-6-7(3-5)10-4-9-6/h1-4,6-7H,8H2,(H,9,10). The second-order valence-corrected chi connectivity index (χ2v) is 2.49. The van der Waals surface area contributed by atoms with E-state index < -0.39 is 0 Å². The molecule has 1 aliphatic heterocycles. The molecule has 0 saturated carbocycles. The smallest absolute Gasteiger partial charge is 0.0939 e. The van der Waals surface area contributed by atoms with Gasteiger partial charge in [-0.15, -0.1) is 0 Å². The van der Waals surface area contributed by atoms with Gasteiger partial charge in [-0.3, -0.25) is 4.99 Å². The predicted molar refractivity (Wildman–Crippen MR) is 40.6 cm³/mol. The molecule has 2 atom stereocenters. The average molecular weight is 135 g/mol. The summed E-state index contributed by atoms with van der Waals surface area (Å²) in [7, 11) is 0. The lowest BCUT2D eigenvalue weighted by Crippen LogP contribution is -2.31. The number of fused-ring (bicyclic) bond motifs is 1. The SMILES string of the molecule is NC1=CC2NC=NC2C=C1. The molecule has 0 saturated heterocycles. The summed E-state index contributed by atoms with van der Waals surface area (Å²) in [6.07, 6.45) is 7.62. The summed E-state index contributed by atoms with van der Waals surface area (Å²) in [6.45, 7) is 0. The van der Waals surface area contributed by atoms with Crippen LogP contribution in [0.3, 0.4) is 0 Å². The van der Waals surface area contributed by atoms with Crippen LogP contribution in [0, 0.1) is 0 Å². The number of hydrogen-bond acceptors (Lipinski definition) is 3. The first-order valence-corrected chi connectivity index (χ1v) is 3.29. The molecular weight excluding hydrogens is 126 g/mol. The molecule has 10 heavy (non-hydrogen) atoms. The fraction of sp³-hybridized carbons (Fsp3) is 0.286. The molecule has 1 heterocycles. The van der Waals surface area contributed by atoms with Gasteiger partial charge >= 0.3 is 0 Å². The summed E-state index contributed by atoms with van der Waals surface area (Å²) in [4.78, 5) is 4.17. The molecule has 3 nitrogen and oxygen atoms in total. The maximum absolute atomic E-state index is 5.57. The van der Waals surface area contributed by atoms with Gasteiger partial charge in [0.15, 0.2) is 0 Å². The van der Waals surface area contributed by atoms with Crippen molar-refractivity contribution in [3.8, 4) is 0 Å². The van der Waals surface area contributed by atoms with E-state index in [4.69, 9.17) is 5.73 Å². The third-order valence-corrected chi connectivity index (χ3v) is 1.74. The number of allylic oxidation sites excluding steroid dienone is 1. The second kappa shape index (κ2) is 1.87. The number of nitrogens with two attached hydrogens (primary N) is 1. The molecule has 0 fully saturated rings. The number of nitrogens with zero attached hydrogens (tertiary/aromatic N) is 1. The molecule has 2 aliphatic rings. The maximum Gasteiger partial charge on any atom is 0.0939 e. The van der Waals surface area contributed by atoms with Crippen LogP contribution in [-0.4, -0.2) is 18.4 Å². The highest BCUT2D eigenvalue weighted by Gasteiger charge is 2.21. The maximum atomic E-state index is 5.57. The van der Waals surface area contributed by atoms with Gasteiger partial charge in [-0.1, -0.05) is 6.08 Å². The van der Waals surface area contributed by atoms with Crippen molar-refractivity contribution in [3.63, 3.8) is 0 Å². The Labute approximate surface area is 59.3 Å². The van der Waals surface area contributed by atoms with Gasteiger partial charge in [0.05, 0.1) is 18.4 Å². The van der Waals surface area contributed by atoms with Crippen molar-refractivity contribution in [3.05, 3.63) is 23.9 Å². The molecule has 1 aliphatic carbocycles. The lowest BCUT2D eigenvalue weighted by Gasteiger charge is -2.15. The van der Waals surface area contributed by atoms with Crippen LogP contribution in [0.2, 0.25) is 0 Å². The molecule has 3 heteroatoms. The van der Waals surface area contributed by atoms with Gasteiger partial charge in [0.1, 0.15) is 0 Å². The topological polar surface area (TPSA) is 50.4 Å². The van der Waals surface area contributed by atoms with Gasteiger partial charge in [-0.25, -0.2) is 0 Å². The summed E-state index contributed by atoms with van der Waals surface area (Å²) in [5.41, 5.74) is 6.39. The zero-order valence-corrected chi connectivity index (χ0v) is 5.49. The summed E-state index contributed by atoms with van der Waals surface area (Å²) < 4.78 is 0. The minimum Gasteiger partial charge on any atom is -0.399 e. The lowest BCUT2D eigenvalue weighted by atomic mass is 10.0. The van der Waals surface area contributed by atoms with Crippen molar-refractivity contribution in [1.82, 2.24) is 5.32 Å². The van der Waals surface area contributed by atoms with E-state index >= 15 is 0 Å². The molecule has 0 amide bonds. The monoisotopic (exact) mass is 135 g/mol. The highest BCUT2D eigenvalue weighted by atomic mass is 15.1. The first-order chi connectivity index (χ1) is 4.86. The molecule has 0 bridgehead atoms. The van der Waals surface area contributed by atoms with Gasteiger partial charge < -0.3 is 11.1 Å². The van der Waals surface area contributed by atoms with E-state index in [1.165, 1.54) is 0 Å². The molecule has 0 aromatic rings. The second-order valence-electron chi connectivity index (χ2n) is 2.49. The summed E-state index contributed by atoms with van der Waals surface area (Å²) in [5.74, 6) is 0. The van der Waals surface area contributed by atoms with E-state index in [-0.39, 0.29) is 6.04 Å². The Morgan fingerprint density at radius 1 is 1.60 bits per heavy atom. The molecule has 0 aromatic carbocycles. The van der Waals surface area contributed by atoms with Crippen LogP contribution >= 0.6 is 0 Å². The fourth-order valence-corrected chi connectivity index (χ4v) is 1.20. The summed E-state index contributed by atoms with van der Waals surface area (Å²) >= 11 is 0. The van der Waals surface area contributed by atoms with Crippen LogP contribution in [0.15, 0.2) is 28.9 Å². The van der Waals surface area contributed by atoms with Crippen molar-refractivity contribution in [2.75, 3.05) is 0 Å². The van der Waals surface area contributed by atoms with Crippen LogP contribution in [0.25, 0.3) is 0 Å². The Balaban J connectivity index is 2.25. The van der Waals surface area contributed by atoms with E-state index in [1.807, 2.05) is 18.2 Å². The van der Waals surface area contributed by atoms with Gasteiger partial charge in [0.25, 0.3) is 0 Å². The van der Waals surface area contributed by atoms with E-state index in [2.05, 4.69) is 10.3 Å². The highest BCUT2D eigenvalue weighted by Crippen LogP contribution is 2.13. The minimum atomic E-state index is 0.271. The normalized spacial score (nSPS) is 35.0. The summed E-state index contributed by atoms with van der Waals surface area (Å²) in [5, 5.41) is 3.09. The van der Waals surface area contributed by atoms with Crippen LogP contribution in [-0.2, 0) is 0 Å². The Bertz CT molecular complexity index is 227. The van der Waals surface area contributed by atoms with Gasteiger partial charge in [-0.2, -0.15) is 0 Å². The molecule has 2 unspecified atom stereocenters. The highest BCUT2D eigenvalue weighted by molar-refractivity contribution is 5.60. The largest absolute Gasteiger partial charge is 0.399 e. The van der Waals surface area contributed by atoms with Crippen molar-refractivity contribution in [1.29, 1.82) is 0 Å². The van der Waals surface area contributed by atoms with Crippen LogP contribution in [0.4, 0.5) is 0 Å². The quantitative estimate of drug-likeness (QED) is 0.482. The van der Waals surface area contributed by atoms with E-state index in [0.29, 0.717) is 6.04 Å². The third kappa shape index (κ3) is 0.708. The zero-order valence-electron chi connectivity index (χ0n) is 5.49. The Kier molecular flexibility index (Phi) is 1.03. The third-order valence-electron chi connectivity index (χ3n) is 1.74. The molecule has 0 radical (unpaired) electrons. The first kappa shape index (κ1) is 5.53. The van der Waals surface area contributed by atoms with Gasteiger partial charge in [-0.05, 0) is 12.2 Å². The Morgan fingerprint density at radius 2 is 2.50 bits per heavy atom. The molecule has 3 N–H and O–H groups in total. The molecular formula is C7H9N3. The van der Waals surface area contributed by atoms with Crippen LogP contribution in [0.5, 0.6) is 0 Å². The van der Waals surface area contributed by atoms with Crippen molar-refractivity contribution in [2.24, 2.45) is 10.7 Å². The van der Waals surface area contributed by atoms with Gasteiger partial charge in [0.2, 0.25) is 0 Å². The number of hydrogen-bond donors (Lipinski definition) is 2. The first-order valence-electron chi connectivity index (χ1n) is 3.29. The molecule has 2 rings (SSSR count). The van der Waals surface area contributed by atoms with Crippen LogP contribution < -0.4 is 11.1 Å².